The van der Waals surface area contributed by atoms with Crippen molar-refractivity contribution in [1.29, 1.82) is 0 Å². The van der Waals surface area contributed by atoms with Gasteiger partial charge in [-0.25, -0.2) is 4.57 Å². The third kappa shape index (κ3) is 11.8. The van der Waals surface area contributed by atoms with Crippen LogP contribution in [0.25, 0.3) is 18.2 Å². The summed E-state index contributed by atoms with van der Waals surface area (Å²) >= 11 is 0. The normalized spacial score (nSPS) is 12.8. The molecule has 1 aliphatic heterocycles. The standard InChI is InChI=1S/C46H49N4S2/c1-47(45-21-17-39(18-22-45)13-15-41-25-29-49(30-26-41)37-43-9-5-3-6-10-43)33-35-51-52-36-34-48(2)46-23-19-40(20-24-46)14-16-42-27-31-50(32-28-42)38-44-11-7-4-8-12-44/h3-31H,32-38H2,1-2H3/q+1/b16-14+. The fraction of sp³-hybridized carbons (Fsp3) is 0.196. The van der Waals surface area contributed by atoms with Crippen LogP contribution in [0, 0.1) is 0 Å². The lowest BCUT2D eigenvalue weighted by molar-refractivity contribution is -0.688. The van der Waals surface area contributed by atoms with Crippen molar-refractivity contribution in [3.05, 3.63) is 192 Å². The molecule has 0 N–H and O–H groups in total. The van der Waals surface area contributed by atoms with E-state index < -0.39 is 0 Å². The predicted molar refractivity (Wildman–Crippen MR) is 229 cm³/mol. The zero-order valence-electron chi connectivity index (χ0n) is 30.3. The monoisotopic (exact) mass is 721 g/mol. The van der Waals surface area contributed by atoms with Crippen LogP contribution in [-0.2, 0) is 13.1 Å². The Hall–Kier alpha value is -4.91. The summed E-state index contributed by atoms with van der Waals surface area (Å²) < 4.78 is 2.21. The summed E-state index contributed by atoms with van der Waals surface area (Å²) in [5.74, 6) is 2.17. The van der Waals surface area contributed by atoms with Gasteiger partial charge in [0.05, 0.1) is 0 Å². The van der Waals surface area contributed by atoms with Crippen molar-refractivity contribution in [2.45, 2.75) is 13.1 Å². The third-order valence-electron chi connectivity index (χ3n) is 9.10. The van der Waals surface area contributed by atoms with E-state index in [2.05, 4.69) is 210 Å². The molecule has 264 valence electrons. The quantitative estimate of drug-likeness (QED) is 0.0537. The maximum Gasteiger partial charge on any atom is 0.173 e. The van der Waals surface area contributed by atoms with Gasteiger partial charge in [-0.3, -0.25) is 0 Å². The van der Waals surface area contributed by atoms with Crippen molar-refractivity contribution in [2.24, 2.45) is 0 Å². The van der Waals surface area contributed by atoms with E-state index in [-0.39, 0.29) is 0 Å². The van der Waals surface area contributed by atoms with Crippen LogP contribution in [0.4, 0.5) is 11.4 Å². The van der Waals surface area contributed by atoms with Crippen molar-refractivity contribution in [3.8, 4) is 0 Å². The van der Waals surface area contributed by atoms with Gasteiger partial charge in [0.1, 0.15) is 0 Å². The first-order chi connectivity index (χ1) is 25.6. The summed E-state index contributed by atoms with van der Waals surface area (Å²) in [6.45, 7) is 4.79. The molecule has 0 amide bonds. The van der Waals surface area contributed by atoms with Crippen LogP contribution in [0.3, 0.4) is 0 Å². The molecule has 52 heavy (non-hydrogen) atoms. The molecule has 0 saturated carbocycles. The van der Waals surface area contributed by atoms with Crippen LogP contribution in [0.2, 0.25) is 0 Å². The Labute approximate surface area is 318 Å². The predicted octanol–water partition coefficient (Wildman–Crippen LogP) is 10.1. The van der Waals surface area contributed by atoms with Crippen LogP contribution in [-0.4, -0.2) is 50.1 Å². The Morgan fingerprint density at radius 2 is 1.10 bits per heavy atom. The molecule has 0 radical (unpaired) electrons. The Kier molecular flexibility index (Phi) is 13.9. The number of anilines is 2. The molecule has 1 aromatic heterocycles. The molecule has 4 nitrogen and oxygen atoms in total. The van der Waals surface area contributed by atoms with E-state index in [1.54, 1.807) is 0 Å². The first-order valence-electron chi connectivity index (χ1n) is 18.0. The van der Waals surface area contributed by atoms with E-state index in [0.717, 1.165) is 44.2 Å². The van der Waals surface area contributed by atoms with Crippen molar-refractivity contribution >= 4 is 51.2 Å². The second kappa shape index (κ2) is 19.6. The molecule has 0 unspecified atom stereocenters. The summed E-state index contributed by atoms with van der Waals surface area (Å²) in [6.07, 6.45) is 19.8. The molecular formula is C46H49N4S2+. The van der Waals surface area contributed by atoms with Gasteiger partial charge in [-0.2, -0.15) is 0 Å². The number of benzene rings is 4. The van der Waals surface area contributed by atoms with Gasteiger partial charge in [0.15, 0.2) is 18.9 Å². The molecule has 6 rings (SSSR count). The van der Waals surface area contributed by atoms with E-state index >= 15 is 0 Å². The molecule has 0 aliphatic carbocycles. The summed E-state index contributed by atoms with van der Waals surface area (Å²) in [7, 11) is 8.28. The SMILES string of the molecule is CN(CCSSCCN(C)c1ccc(/C=C/c2cc[n+](Cc3ccccc3)cc2)cc1)c1ccc(/C=C/C2=CCN(Cc3ccccc3)C=C2)cc1. The highest BCUT2D eigenvalue weighted by Crippen LogP contribution is 2.24. The summed E-state index contributed by atoms with van der Waals surface area (Å²) in [5.41, 5.74) is 10.0. The lowest BCUT2D eigenvalue weighted by Gasteiger charge is -2.22. The minimum atomic E-state index is 0.885. The minimum absolute atomic E-state index is 0.885. The van der Waals surface area contributed by atoms with Gasteiger partial charge in [-0.15, -0.1) is 0 Å². The number of aromatic nitrogens is 1. The number of pyridine rings is 1. The van der Waals surface area contributed by atoms with E-state index in [4.69, 9.17) is 0 Å². The molecule has 0 fully saturated rings. The Bertz CT molecular complexity index is 1920. The van der Waals surface area contributed by atoms with Gasteiger partial charge in [0.2, 0.25) is 0 Å². The molecule has 0 atom stereocenters. The highest BCUT2D eigenvalue weighted by Gasteiger charge is 2.06. The van der Waals surface area contributed by atoms with Gasteiger partial charge < -0.3 is 14.7 Å². The number of allylic oxidation sites excluding steroid dienone is 3. The lowest BCUT2D eigenvalue weighted by atomic mass is 10.1. The van der Waals surface area contributed by atoms with Crippen LogP contribution in [0.5, 0.6) is 0 Å². The fourth-order valence-electron chi connectivity index (χ4n) is 5.87. The van der Waals surface area contributed by atoms with E-state index in [9.17, 15) is 0 Å². The number of nitrogens with zero attached hydrogens (tertiary/aromatic N) is 4. The van der Waals surface area contributed by atoms with Gasteiger partial charge in [-0.1, -0.05) is 137 Å². The van der Waals surface area contributed by atoms with Crippen LogP contribution < -0.4 is 14.4 Å². The van der Waals surface area contributed by atoms with Crippen molar-refractivity contribution in [1.82, 2.24) is 4.90 Å². The number of rotatable bonds is 17. The number of hydrogen-bond donors (Lipinski definition) is 0. The summed E-state index contributed by atoms with van der Waals surface area (Å²) in [5, 5.41) is 0. The average Bonchev–Trinajstić information content (AvgIpc) is 3.19. The Morgan fingerprint density at radius 3 is 1.62 bits per heavy atom. The van der Waals surface area contributed by atoms with Gasteiger partial charge in [0.25, 0.3) is 0 Å². The van der Waals surface area contributed by atoms with E-state index in [0.29, 0.717) is 0 Å². The maximum absolute atomic E-state index is 2.34. The summed E-state index contributed by atoms with van der Waals surface area (Å²) in [6, 6.07) is 43.2. The molecule has 4 aromatic carbocycles. The zero-order chi connectivity index (χ0) is 35.8. The van der Waals surface area contributed by atoms with E-state index in [1.807, 2.05) is 21.6 Å². The topological polar surface area (TPSA) is 13.6 Å². The van der Waals surface area contributed by atoms with Crippen molar-refractivity contribution in [3.63, 3.8) is 0 Å². The molecule has 0 bridgehead atoms. The maximum atomic E-state index is 2.34. The highest BCUT2D eigenvalue weighted by molar-refractivity contribution is 8.76. The van der Waals surface area contributed by atoms with Crippen molar-refractivity contribution in [2.75, 3.05) is 55.0 Å². The summed E-state index contributed by atoms with van der Waals surface area (Å²) in [4.78, 5) is 7.02. The molecule has 0 spiro atoms. The molecular weight excluding hydrogens is 673 g/mol. The first kappa shape index (κ1) is 36.9. The second-order valence-corrected chi connectivity index (χ2v) is 15.8. The number of hydrogen-bond acceptors (Lipinski definition) is 5. The Balaban J connectivity index is 0.844. The zero-order valence-corrected chi connectivity index (χ0v) is 31.9. The van der Waals surface area contributed by atoms with Gasteiger partial charge in [0, 0.05) is 87.1 Å². The van der Waals surface area contributed by atoms with Crippen LogP contribution in [0.15, 0.2) is 164 Å². The molecule has 1 aliphatic rings. The fourth-order valence-corrected chi connectivity index (χ4v) is 7.96. The smallest absolute Gasteiger partial charge is 0.173 e. The molecule has 6 heteroatoms. The van der Waals surface area contributed by atoms with Gasteiger partial charge >= 0.3 is 0 Å². The van der Waals surface area contributed by atoms with Crippen molar-refractivity contribution < 1.29 is 4.57 Å². The Morgan fingerprint density at radius 1 is 0.596 bits per heavy atom. The highest BCUT2D eigenvalue weighted by atomic mass is 33.1. The molecule has 0 saturated heterocycles. The second-order valence-electron chi connectivity index (χ2n) is 13.1. The largest absolute Gasteiger partial charge is 0.374 e. The minimum Gasteiger partial charge on any atom is -0.374 e. The van der Waals surface area contributed by atoms with Crippen LogP contribution in [0.1, 0.15) is 27.8 Å². The van der Waals surface area contributed by atoms with Gasteiger partial charge in [-0.05, 0) is 58.2 Å². The molecule has 2 heterocycles. The third-order valence-corrected chi connectivity index (χ3v) is 11.5. The molecule has 5 aromatic rings. The first-order valence-corrected chi connectivity index (χ1v) is 20.5. The lowest BCUT2D eigenvalue weighted by Crippen LogP contribution is -2.32. The van der Waals surface area contributed by atoms with E-state index in [1.165, 1.54) is 44.8 Å². The average molecular weight is 722 g/mol. The van der Waals surface area contributed by atoms with Crippen LogP contribution >= 0.6 is 21.6 Å².